The molecular formula is C45H61FN10O4S. The predicted molar refractivity (Wildman–Crippen MR) is 253 cm³/mol. The highest BCUT2D eigenvalue weighted by Gasteiger charge is 2.22. The highest BCUT2D eigenvalue weighted by molar-refractivity contribution is 8.24. The van der Waals surface area contributed by atoms with Gasteiger partial charge in [0, 0.05) is 67.6 Å². The lowest BCUT2D eigenvalue weighted by molar-refractivity contribution is 0.434. The normalized spacial score (nSPS) is 12.5. The second-order valence-corrected chi connectivity index (χ2v) is 16.8. The fourth-order valence-corrected chi connectivity index (χ4v) is 7.34. The lowest BCUT2D eigenvalue weighted by Gasteiger charge is -2.36. The van der Waals surface area contributed by atoms with Crippen LogP contribution in [0.15, 0.2) is 123 Å². The number of nitrogen functional groups attached to an aromatic ring is 2. The predicted octanol–water partition coefficient (Wildman–Crippen LogP) is 11.0. The Morgan fingerprint density at radius 1 is 0.754 bits per heavy atom. The lowest BCUT2D eigenvalue weighted by Crippen LogP contribution is -2.10. The molecule has 1 aliphatic rings. The number of benzene rings is 2. The lowest BCUT2D eigenvalue weighted by atomic mass is 10.1. The zero-order chi connectivity index (χ0) is 42.4. The minimum Gasteiger partial charge on any atom is -0.416 e. The van der Waals surface area contributed by atoms with Crippen molar-refractivity contribution in [1.82, 2.24) is 40.9 Å². The third kappa shape index (κ3) is 9.91. The van der Waals surface area contributed by atoms with Crippen LogP contribution in [-0.4, -0.2) is 58.8 Å². The summed E-state index contributed by atoms with van der Waals surface area (Å²) in [6.45, 7) is 4.86. The smallest absolute Gasteiger partial charge is 0.251 e. The molecular weight excluding hydrogens is 796 g/mol. The quantitative estimate of drug-likeness (QED) is 0.0673. The Morgan fingerprint density at radius 3 is 2.08 bits per heavy atom. The molecule has 7 aromatic rings. The van der Waals surface area contributed by atoms with Crippen LogP contribution in [0.1, 0.15) is 52.9 Å². The van der Waals surface area contributed by atoms with E-state index in [1.54, 1.807) is 63.6 Å². The van der Waals surface area contributed by atoms with E-state index in [4.69, 9.17) is 20.4 Å². The summed E-state index contributed by atoms with van der Waals surface area (Å²) < 4.78 is 46.6. The highest BCUT2D eigenvalue weighted by atomic mass is 32.3. The first kappa shape index (κ1) is 44.0. The van der Waals surface area contributed by atoms with Crippen LogP contribution in [0.3, 0.4) is 0 Å². The molecule has 328 valence electrons. The van der Waals surface area contributed by atoms with E-state index in [-0.39, 0.29) is 27.1 Å². The fraction of sp³-hybridized carbons (Fsp3) is 0.200. The molecule has 0 radical (unpaired) electrons. The molecule has 0 spiro atoms. The summed E-state index contributed by atoms with van der Waals surface area (Å²) in [5.41, 5.74) is 20.1. The number of aromatic nitrogens is 6. The van der Waals surface area contributed by atoms with Gasteiger partial charge in [0.05, 0.1) is 27.9 Å². The molecule has 0 aliphatic heterocycles. The summed E-state index contributed by atoms with van der Waals surface area (Å²) in [7, 11) is 0.793. The van der Waals surface area contributed by atoms with E-state index in [0.29, 0.717) is 68.4 Å². The van der Waals surface area contributed by atoms with Gasteiger partial charge in [0.2, 0.25) is 5.89 Å². The Labute approximate surface area is 364 Å². The summed E-state index contributed by atoms with van der Waals surface area (Å²) in [6, 6.07) is 21.6. The Kier molecular flexibility index (Phi) is 13.9. The van der Waals surface area contributed by atoms with Crippen LogP contribution < -0.4 is 22.1 Å². The van der Waals surface area contributed by atoms with E-state index >= 15 is 0 Å². The van der Waals surface area contributed by atoms with E-state index in [2.05, 4.69) is 59.2 Å². The van der Waals surface area contributed by atoms with Crippen molar-refractivity contribution in [1.29, 1.82) is 0 Å². The van der Waals surface area contributed by atoms with E-state index in [1.807, 2.05) is 43.4 Å². The fourth-order valence-electron chi connectivity index (χ4n) is 6.32. The van der Waals surface area contributed by atoms with Crippen LogP contribution in [0.5, 0.6) is 0 Å². The number of nitrogens with two attached hydrogens (primary N) is 2. The van der Waals surface area contributed by atoms with Crippen molar-refractivity contribution in [2.45, 2.75) is 50.9 Å². The van der Waals surface area contributed by atoms with Gasteiger partial charge in [-0.2, -0.15) is 10.6 Å². The second-order valence-electron chi connectivity index (χ2n) is 14.2. The molecule has 8 N–H and O–H groups in total. The van der Waals surface area contributed by atoms with Crippen LogP contribution in [0.2, 0.25) is 0 Å². The molecule has 2 aromatic carbocycles. The Morgan fingerprint density at radius 2 is 1.43 bits per heavy atom. The van der Waals surface area contributed by atoms with Gasteiger partial charge in [-0.05, 0) is 99.6 Å². The van der Waals surface area contributed by atoms with Crippen molar-refractivity contribution in [3.8, 4) is 56.7 Å². The number of hydrogen-bond acceptors (Lipinski definition) is 14. The minimum absolute atomic E-state index is 0. The number of nitrogens with zero attached hydrogens (tertiary/aromatic N) is 6. The molecule has 14 nitrogen and oxygen atoms in total. The van der Waals surface area contributed by atoms with Gasteiger partial charge >= 0.3 is 0 Å². The van der Waals surface area contributed by atoms with Gasteiger partial charge in [0.15, 0.2) is 5.76 Å². The van der Waals surface area contributed by atoms with Gasteiger partial charge in [-0.3, -0.25) is 14.1 Å². The van der Waals surface area contributed by atoms with Crippen LogP contribution in [0.25, 0.3) is 62.3 Å². The summed E-state index contributed by atoms with van der Waals surface area (Å²) in [4.78, 5) is 13.3. The Balaban J connectivity index is 0.00000121. The third-order valence-electron chi connectivity index (χ3n) is 9.68. The maximum atomic E-state index is 14.6. The number of pyridine rings is 3. The van der Waals surface area contributed by atoms with Gasteiger partial charge in [-0.25, -0.2) is 14.4 Å². The van der Waals surface area contributed by atoms with E-state index in [9.17, 15) is 13.5 Å². The molecule has 0 saturated carbocycles. The molecule has 0 saturated heterocycles. The van der Waals surface area contributed by atoms with Crippen molar-refractivity contribution in [2.24, 2.45) is 0 Å². The molecule has 5 heterocycles. The van der Waals surface area contributed by atoms with Crippen LogP contribution >= 0.6 is 10.6 Å². The molecule has 16 heteroatoms. The average molecular weight is 857 g/mol. The number of allylic oxidation sites excluding steroid dienone is 4. The van der Waals surface area contributed by atoms with Gasteiger partial charge in [0.1, 0.15) is 23.1 Å². The summed E-state index contributed by atoms with van der Waals surface area (Å²) in [5.74, 6) is 1.36. The molecule has 0 unspecified atom stereocenters. The first-order valence-electron chi connectivity index (χ1n) is 19.0. The number of anilines is 2. The summed E-state index contributed by atoms with van der Waals surface area (Å²) in [5, 5.41) is 18.1. The summed E-state index contributed by atoms with van der Waals surface area (Å²) >= 11 is 0. The van der Waals surface area contributed by atoms with Gasteiger partial charge in [-0.15, -0.1) is 10.2 Å². The van der Waals surface area contributed by atoms with Crippen LogP contribution in [0, 0.1) is 5.82 Å². The van der Waals surface area contributed by atoms with Crippen LogP contribution in [-0.2, 0) is 13.1 Å². The molecule has 0 amide bonds. The van der Waals surface area contributed by atoms with Gasteiger partial charge < -0.3 is 31.0 Å². The van der Waals surface area contributed by atoms with Crippen molar-refractivity contribution in [3.63, 3.8) is 0 Å². The van der Waals surface area contributed by atoms with Crippen molar-refractivity contribution < 1.29 is 31.0 Å². The second kappa shape index (κ2) is 19.2. The molecule has 1 aliphatic carbocycles. The van der Waals surface area contributed by atoms with Crippen molar-refractivity contribution >= 4 is 27.8 Å². The van der Waals surface area contributed by atoms with E-state index in [1.165, 1.54) is 17.8 Å². The van der Waals surface area contributed by atoms with Crippen molar-refractivity contribution in [2.75, 3.05) is 25.6 Å². The van der Waals surface area contributed by atoms with E-state index in [0.717, 1.165) is 35.2 Å². The maximum absolute atomic E-state index is 14.6. The molecule has 5 aromatic heterocycles. The first-order chi connectivity index (χ1) is 28.9. The topological polar surface area (TPSA) is 220 Å². The van der Waals surface area contributed by atoms with Crippen molar-refractivity contribution in [3.05, 3.63) is 132 Å². The Bertz CT molecular complexity index is 2690. The zero-order valence-electron chi connectivity index (χ0n) is 33.4. The minimum atomic E-state index is -2.92. The largest absolute Gasteiger partial charge is 0.416 e. The monoisotopic (exact) mass is 856 g/mol. The van der Waals surface area contributed by atoms with E-state index < -0.39 is 16.4 Å². The SMILES string of the molecule is C.CNCc1ccc(-c2cc(-c3cc(-c4ccc(S(O)(O)C(C)C)cn4)cnc3N)on2)c(F)c1.CNCc1ccc(-c2nnc(-c3cc(C4=CCC=C4)cnc3N)o2)cc1.[HH].[HH].[HH].[HH].[HH].[HH]. The first-order valence-corrected chi connectivity index (χ1v) is 20.7. The molecule has 8 rings (SSSR count). The standard InChI is InChI=1S/C24H26FN5O3S.C20H19N5O.CH4.6H2/c1-14(2)34(31,32)17-5-7-21(28-13-17)16-9-19(24(26)29-12-16)23-10-22(30-33-23)18-6-4-15(11-27-3)8-20(18)25;1-22-11-13-6-8-15(9-7-13)19-24-25-20(26-19)17-10-16(12-23-18(17)21)14-4-2-3-5-14;;;;;;;/h4-10,12-14,27,31-32H,11H2,1-3H3,(H2,26,29);2,4-10,12,22H,3,11H2,1H3,(H2,21,23);1H4;6*1H. The molecule has 0 bridgehead atoms. The zero-order valence-corrected chi connectivity index (χ0v) is 34.2. The Hall–Kier alpha value is -6.56. The molecule has 0 atom stereocenters. The van der Waals surface area contributed by atoms with Gasteiger partial charge in [-0.1, -0.05) is 49.0 Å². The highest BCUT2D eigenvalue weighted by Crippen LogP contribution is 2.52. The number of rotatable bonds is 12. The van der Waals surface area contributed by atoms with Gasteiger partial charge in [0.25, 0.3) is 5.89 Å². The number of nitrogens with one attached hydrogen (secondary N) is 2. The maximum Gasteiger partial charge on any atom is 0.251 e. The summed E-state index contributed by atoms with van der Waals surface area (Å²) in [6.07, 6.45) is 12.0. The average Bonchev–Trinajstić information content (AvgIpc) is 4.06. The molecule has 0 fully saturated rings. The third-order valence-corrected chi connectivity index (χ3v) is 11.9. The number of hydrogen-bond donors (Lipinski definition) is 6. The molecule has 61 heavy (non-hydrogen) atoms. The number of halogens is 1. The van der Waals surface area contributed by atoms with Crippen LogP contribution in [0.4, 0.5) is 16.0 Å².